The van der Waals surface area contributed by atoms with E-state index in [4.69, 9.17) is 10.00 Å². The molecule has 5 nitrogen and oxygen atoms in total. The van der Waals surface area contributed by atoms with E-state index in [2.05, 4.69) is 0 Å². The smallest absolute Gasteiger partial charge is 0.179 e. The fourth-order valence-corrected chi connectivity index (χ4v) is 3.22. The molecule has 1 aromatic carbocycles. The molecule has 0 saturated carbocycles. The van der Waals surface area contributed by atoms with E-state index in [0.29, 0.717) is 25.3 Å². The van der Waals surface area contributed by atoms with Gasteiger partial charge in [0.2, 0.25) is 0 Å². The molecule has 116 valence electrons. The van der Waals surface area contributed by atoms with Crippen molar-refractivity contribution in [1.29, 1.82) is 5.26 Å². The van der Waals surface area contributed by atoms with Gasteiger partial charge in [-0.15, -0.1) is 0 Å². The molecule has 0 aliphatic heterocycles. The fraction of sp³-hybridized carbons (Fsp3) is 0.533. The van der Waals surface area contributed by atoms with Crippen molar-refractivity contribution >= 4 is 9.84 Å². The van der Waals surface area contributed by atoms with E-state index in [0.717, 1.165) is 13.1 Å². The average molecular weight is 310 g/mol. The molecular formula is C15H22N2O3S. The molecule has 0 saturated heterocycles. The van der Waals surface area contributed by atoms with E-state index in [9.17, 15) is 8.42 Å². The first-order valence-corrected chi connectivity index (χ1v) is 8.71. The molecule has 0 aliphatic rings. The van der Waals surface area contributed by atoms with Crippen molar-refractivity contribution in [3.63, 3.8) is 0 Å². The summed E-state index contributed by atoms with van der Waals surface area (Å²) in [5.41, 5.74) is 0.361. The van der Waals surface area contributed by atoms with Crippen molar-refractivity contribution in [2.45, 2.75) is 18.7 Å². The van der Waals surface area contributed by atoms with E-state index in [1.807, 2.05) is 24.8 Å². The van der Waals surface area contributed by atoms with Crippen molar-refractivity contribution in [1.82, 2.24) is 4.90 Å². The Balaban J connectivity index is 2.65. The summed E-state index contributed by atoms with van der Waals surface area (Å²) >= 11 is 0. The maximum absolute atomic E-state index is 12.3. The van der Waals surface area contributed by atoms with Gasteiger partial charge in [0.1, 0.15) is 0 Å². The lowest BCUT2D eigenvalue weighted by molar-refractivity contribution is 0.117. The molecule has 0 aliphatic carbocycles. The first kappa shape index (κ1) is 17.6. The number of rotatable bonds is 9. The van der Waals surface area contributed by atoms with Gasteiger partial charge in [-0.2, -0.15) is 5.26 Å². The van der Waals surface area contributed by atoms with Gasteiger partial charge in [0.25, 0.3) is 0 Å². The number of hydrogen-bond donors (Lipinski definition) is 0. The molecule has 0 aromatic heterocycles. The van der Waals surface area contributed by atoms with Crippen LogP contribution in [0.25, 0.3) is 0 Å². The molecule has 1 aromatic rings. The van der Waals surface area contributed by atoms with E-state index < -0.39 is 9.84 Å². The predicted octanol–water partition coefficient (Wildman–Crippen LogP) is 1.69. The summed E-state index contributed by atoms with van der Waals surface area (Å²) in [6.07, 6.45) is 0. The first-order valence-electron chi connectivity index (χ1n) is 7.06. The van der Waals surface area contributed by atoms with Crippen LogP contribution in [0.15, 0.2) is 29.2 Å². The zero-order chi connectivity index (χ0) is 15.7. The maximum atomic E-state index is 12.3. The highest BCUT2D eigenvalue weighted by Gasteiger charge is 2.16. The highest BCUT2D eigenvalue weighted by molar-refractivity contribution is 7.91. The minimum absolute atomic E-state index is 0.0435. The number of ether oxygens (including phenoxy) is 1. The molecule has 6 heteroatoms. The van der Waals surface area contributed by atoms with Gasteiger partial charge in [-0.1, -0.05) is 13.0 Å². The van der Waals surface area contributed by atoms with E-state index in [1.54, 1.807) is 12.1 Å². The van der Waals surface area contributed by atoms with Crippen LogP contribution in [0, 0.1) is 11.3 Å². The van der Waals surface area contributed by atoms with Crippen molar-refractivity contribution in [3.8, 4) is 6.07 Å². The lowest BCUT2D eigenvalue weighted by Crippen LogP contribution is -2.32. The molecule has 0 bridgehead atoms. The van der Waals surface area contributed by atoms with Gasteiger partial charge < -0.3 is 9.64 Å². The molecule has 0 atom stereocenters. The van der Waals surface area contributed by atoms with Crippen molar-refractivity contribution < 1.29 is 13.2 Å². The lowest BCUT2D eigenvalue weighted by atomic mass is 10.2. The molecule has 0 N–H and O–H groups in total. The minimum Gasteiger partial charge on any atom is -0.380 e. The van der Waals surface area contributed by atoms with Gasteiger partial charge in [-0.05, 0) is 31.7 Å². The topological polar surface area (TPSA) is 70.4 Å². The van der Waals surface area contributed by atoms with Crippen molar-refractivity contribution in [3.05, 3.63) is 29.8 Å². The standard InChI is InChI=1S/C15H22N2O3S/c1-3-17(8-10-20-4-2)9-11-21(18,19)15-7-5-6-14(12-15)13-16/h5-7,12H,3-4,8-11H2,1-2H3. The molecule has 0 radical (unpaired) electrons. The summed E-state index contributed by atoms with van der Waals surface area (Å²) in [6.45, 7) is 7.16. The molecule has 1 rings (SSSR count). The number of hydrogen-bond acceptors (Lipinski definition) is 5. The number of sulfone groups is 1. The number of nitriles is 1. The third-order valence-electron chi connectivity index (χ3n) is 3.20. The third kappa shape index (κ3) is 5.84. The monoisotopic (exact) mass is 310 g/mol. The summed E-state index contributed by atoms with van der Waals surface area (Å²) in [7, 11) is -3.36. The van der Waals surface area contributed by atoms with Crippen molar-refractivity contribution in [2.24, 2.45) is 0 Å². The SMILES string of the molecule is CCOCCN(CC)CCS(=O)(=O)c1cccc(C#N)c1. The number of benzene rings is 1. The molecule has 0 unspecified atom stereocenters. The Morgan fingerprint density at radius 3 is 2.67 bits per heavy atom. The second kappa shape index (κ2) is 8.78. The van der Waals surface area contributed by atoms with E-state index in [-0.39, 0.29) is 10.6 Å². The largest absolute Gasteiger partial charge is 0.380 e. The van der Waals surface area contributed by atoms with Crippen LogP contribution in [0.2, 0.25) is 0 Å². The molecule has 0 spiro atoms. The Morgan fingerprint density at radius 2 is 2.05 bits per heavy atom. The quantitative estimate of drug-likeness (QED) is 0.649. The zero-order valence-corrected chi connectivity index (χ0v) is 13.4. The molecule has 0 heterocycles. The lowest BCUT2D eigenvalue weighted by Gasteiger charge is -2.20. The third-order valence-corrected chi connectivity index (χ3v) is 4.89. The van der Waals surface area contributed by atoms with Gasteiger partial charge in [0.05, 0.1) is 28.9 Å². The average Bonchev–Trinajstić information content (AvgIpc) is 2.50. The van der Waals surface area contributed by atoms with Gasteiger partial charge in [0, 0.05) is 19.7 Å². The van der Waals surface area contributed by atoms with Crippen LogP contribution in [-0.2, 0) is 14.6 Å². The Hall–Kier alpha value is -1.42. The zero-order valence-electron chi connectivity index (χ0n) is 12.6. The summed E-state index contributed by atoms with van der Waals surface area (Å²) in [5.74, 6) is 0.0435. The van der Waals surface area contributed by atoms with Gasteiger partial charge in [-0.25, -0.2) is 8.42 Å². The second-order valence-electron chi connectivity index (χ2n) is 4.59. The molecule has 21 heavy (non-hydrogen) atoms. The predicted molar refractivity (Wildman–Crippen MR) is 81.8 cm³/mol. The van der Waals surface area contributed by atoms with Crippen LogP contribution in [0.5, 0.6) is 0 Å². The Morgan fingerprint density at radius 1 is 1.29 bits per heavy atom. The highest BCUT2D eigenvalue weighted by atomic mass is 32.2. The normalized spacial score (nSPS) is 11.5. The van der Waals surface area contributed by atoms with E-state index >= 15 is 0 Å². The summed E-state index contributed by atoms with van der Waals surface area (Å²) in [4.78, 5) is 2.25. The van der Waals surface area contributed by atoms with Crippen LogP contribution in [0.4, 0.5) is 0 Å². The molecule has 0 amide bonds. The van der Waals surface area contributed by atoms with Crippen LogP contribution >= 0.6 is 0 Å². The number of likely N-dealkylation sites (N-methyl/N-ethyl adjacent to an activating group) is 1. The summed E-state index contributed by atoms with van der Waals surface area (Å²) in [5, 5.41) is 8.84. The summed E-state index contributed by atoms with van der Waals surface area (Å²) in [6, 6.07) is 8.11. The Bertz CT molecular complexity index is 579. The van der Waals surface area contributed by atoms with Crippen LogP contribution in [0.1, 0.15) is 19.4 Å². The first-order chi connectivity index (χ1) is 10.0. The summed E-state index contributed by atoms with van der Waals surface area (Å²) < 4.78 is 29.9. The highest BCUT2D eigenvalue weighted by Crippen LogP contribution is 2.13. The van der Waals surface area contributed by atoms with Gasteiger partial charge in [-0.3, -0.25) is 0 Å². The second-order valence-corrected chi connectivity index (χ2v) is 6.70. The van der Waals surface area contributed by atoms with Gasteiger partial charge >= 0.3 is 0 Å². The number of nitrogens with zero attached hydrogens (tertiary/aromatic N) is 2. The molecule has 0 fully saturated rings. The van der Waals surface area contributed by atoms with Crippen LogP contribution in [-0.4, -0.2) is 51.9 Å². The van der Waals surface area contributed by atoms with Crippen molar-refractivity contribution in [2.75, 3.05) is 38.6 Å². The van der Waals surface area contributed by atoms with Crippen LogP contribution in [0.3, 0.4) is 0 Å². The Labute approximate surface area is 127 Å². The van der Waals surface area contributed by atoms with Gasteiger partial charge in [0.15, 0.2) is 9.84 Å². The Kier molecular flexibility index (Phi) is 7.37. The maximum Gasteiger partial charge on any atom is 0.179 e. The molecular weight excluding hydrogens is 288 g/mol. The van der Waals surface area contributed by atoms with E-state index in [1.165, 1.54) is 12.1 Å². The van der Waals surface area contributed by atoms with Crippen LogP contribution < -0.4 is 0 Å². The minimum atomic E-state index is -3.36. The fourth-order valence-electron chi connectivity index (χ4n) is 1.89.